The molecule has 8 heteroatoms. The Morgan fingerprint density at radius 2 is 2.00 bits per heavy atom. The standard InChI is InChI=1S/C15H16N4O4/c1-15(7-23-8-15)14-17-12(6-11(16)20)18-19(14)10-4-2-9(3-5-10)13(21)22/h2-5H,6-8H2,1H3,(H2,16,20)(H,21,22). The molecule has 120 valence electrons. The van der Waals surface area contributed by atoms with Crippen molar-refractivity contribution in [3.63, 3.8) is 0 Å². The number of amides is 1. The van der Waals surface area contributed by atoms with Crippen molar-refractivity contribution < 1.29 is 19.4 Å². The number of nitrogens with two attached hydrogens (primary N) is 1. The van der Waals surface area contributed by atoms with Crippen LogP contribution in [0.3, 0.4) is 0 Å². The van der Waals surface area contributed by atoms with E-state index in [0.29, 0.717) is 30.5 Å². The van der Waals surface area contributed by atoms with Crippen LogP contribution in [0.2, 0.25) is 0 Å². The smallest absolute Gasteiger partial charge is 0.335 e. The lowest BCUT2D eigenvalue weighted by molar-refractivity contribution is -0.117. The fraction of sp³-hybridized carbons (Fsp3) is 0.333. The molecule has 3 N–H and O–H groups in total. The van der Waals surface area contributed by atoms with Crippen LogP contribution < -0.4 is 5.73 Å². The summed E-state index contributed by atoms with van der Waals surface area (Å²) >= 11 is 0. The van der Waals surface area contributed by atoms with Crippen molar-refractivity contribution >= 4 is 11.9 Å². The molecule has 1 amide bonds. The van der Waals surface area contributed by atoms with E-state index in [1.807, 2.05) is 6.92 Å². The van der Waals surface area contributed by atoms with E-state index in [9.17, 15) is 9.59 Å². The summed E-state index contributed by atoms with van der Waals surface area (Å²) in [6, 6.07) is 6.30. The summed E-state index contributed by atoms with van der Waals surface area (Å²) in [5, 5.41) is 13.3. The van der Waals surface area contributed by atoms with Crippen LogP contribution >= 0.6 is 0 Å². The molecule has 0 atom stereocenters. The van der Waals surface area contributed by atoms with Crippen molar-refractivity contribution in [3.05, 3.63) is 41.5 Å². The summed E-state index contributed by atoms with van der Waals surface area (Å²) in [5.74, 6) is -0.500. The van der Waals surface area contributed by atoms with Crippen molar-refractivity contribution in [2.45, 2.75) is 18.8 Å². The van der Waals surface area contributed by atoms with Crippen molar-refractivity contribution in [3.8, 4) is 5.69 Å². The summed E-state index contributed by atoms with van der Waals surface area (Å²) in [6.07, 6.45) is -0.0514. The van der Waals surface area contributed by atoms with Crippen LogP contribution in [0.4, 0.5) is 0 Å². The van der Waals surface area contributed by atoms with E-state index in [1.54, 1.807) is 16.8 Å². The monoisotopic (exact) mass is 316 g/mol. The Labute approximate surface area is 131 Å². The maximum Gasteiger partial charge on any atom is 0.335 e. The Morgan fingerprint density at radius 1 is 1.35 bits per heavy atom. The van der Waals surface area contributed by atoms with Gasteiger partial charge in [0.05, 0.1) is 36.3 Å². The number of aromatic nitrogens is 3. The zero-order valence-electron chi connectivity index (χ0n) is 12.5. The van der Waals surface area contributed by atoms with Gasteiger partial charge in [-0.25, -0.2) is 14.5 Å². The predicted octanol–water partition coefficient (Wildman–Crippen LogP) is 0.281. The first kappa shape index (κ1) is 15.2. The third-order valence-electron chi connectivity index (χ3n) is 3.72. The van der Waals surface area contributed by atoms with Crippen LogP contribution in [-0.4, -0.2) is 45.0 Å². The number of carbonyl (C=O) groups excluding carboxylic acids is 1. The first-order valence-electron chi connectivity index (χ1n) is 7.05. The van der Waals surface area contributed by atoms with Gasteiger partial charge in [0.15, 0.2) is 5.82 Å². The second-order valence-electron chi connectivity index (χ2n) is 5.81. The number of carboxylic acids is 1. The molecule has 1 aliphatic heterocycles. The number of aromatic carboxylic acids is 1. The van der Waals surface area contributed by atoms with Gasteiger partial charge in [-0.1, -0.05) is 0 Å². The van der Waals surface area contributed by atoms with Crippen LogP contribution in [0.5, 0.6) is 0 Å². The maximum atomic E-state index is 11.1. The minimum atomic E-state index is -0.996. The van der Waals surface area contributed by atoms with E-state index >= 15 is 0 Å². The van der Waals surface area contributed by atoms with Gasteiger partial charge in [0.25, 0.3) is 0 Å². The van der Waals surface area contributed by atoms with Gasteiger partial charge in [-0.15, -0.1) is 0 Å². The van der Waals surface area contributed by atoms with Gasteiger partial charge in [0.2, 0.25) is 5.91 Å². The number of hydrogen-bond donors (Lipinski definition) is 2. The zero-order chi connectivity index (χ0) is 16.6. The molecule has 0 spiro atoms. The van der Waals surface area contributed by atoms with E-state index in [4.69, 9.17) is 15.6 Å². The second kappa shape index (κ2) is 5.47. The van der Waals surface area contributed by atoms with Crippen LogP contribution in [0, 0.1) is 0 Å². The largest absolute Gasteiger partial charge is 0.478 e. The molecule has 1 saturated heterocycles. The predicted molar refractivity (Wildman–Crippen MR) is 79.4 cm³/mol. The van der Waals surface area contributed by atoms with Gasteiger partial charge in [0.1, 0.15) is 5.82 Å². The molecule has 2 aromatic rings. The van der Waals surface area contributed by atoms with Gasteiger partial charge < -0.3 is 15.6 Å². The van der Waals surface area contributed by atoms with E-state index in [-0.39, 0.29) is 17.4 Å². The average molecular weight is 316 g/mol. The fourth-order valence-corrected chi connectivity index (χ4v) is 2.44. The molecule has 2 heterocycles. The van der Waals surface area contributed by atoms with E-state index in [0.717, 1.165) is 0 Å². The quantitative estimate of drug-likeness (QED) is 0.817. The van der Waals surface area contributed by atoms with Crippen LogP contribution in [-0.2, 0) is 21.4 Å². The highest BCUT2D eigenvalue weighted by molar-refractivity contribution is 5.87. The molecule has 1 aliphatic rings. The molecule has 1 fully saturated rings. The Morgan fingerprint density at radius 3 is 2.48 bits per heavy atom. The average Bonchev–Trinajstić information content (AvgIpc) is 2.88. The highest BCUT2D eigenvalue weighted by atomic mass is 16.5. The van der Waals surface area contributed by atoms with Crippen LogP contribution in [0.25, 0.3) is 5.69 Å². The van der Waals surface area contributed by atoms with Crippen molar-refractivity contribution in [2.75, 3.05) is 13.2 Å². The zero-order valence-corrected chi connectivity index (χ0v) is 12.5. The molecule has 3 rings (SSSR count). The minimum absolute atomic E-state index is 0.0514. The summed E-state index contributed by atoms with van der Waals surface area (Å²) in [4.78, 5) is 26.5. The molecular formula is C15H16N4O4. The lowest BCUT2D eigenvalue weighted by Gasteiger charge is -2.36. The van der Waals surface area contributed by atoms with Crippen LogP contribution in [0.1, 0.15) is 28.9 Å². The van der Waals surface area contributed by atoms with Crippen LogP contribution in [0.15, 0.2) is 24.3 Å². The number of carbonyl (C=O) groups is 2. The Bertz CT molecular complexity index is 762. The second-order valence-corrected chi connectivity index (χ2v) is 5.81. The molecule has 1 aromatic heterocycles. The number of primary amides is 1. The Balaban J connectivity index is 2.03. The molecule has 0 radical (unpaired) electrons. The van der Waals surface area contributed by atoms with E-state index in [1.165, 1.54) is 12.1 Å². The summed E-state index contributed by atoms with van der Waals surface area (Å²) in [5.41, 5.74) is 5.77. The number of nitrogens with zero attached hydrogens (tertiary/aromatic N) is 3. The Kier molecular flexibility index (Phi) is 3.61. The SMILES string of the molecule is CC1(c2nc(CC(N)=O)nn2-c2ccc(C(=O)O)cc2)COC1. The molecule has 0 bridgehead atoms. The fourth-order valence-electron chi connectivity index (χ4n) is 2.44. The molecule has 0 aliphatic carbocycles. The van der Waals surface area contributed by atoms with Gasteiger partial charge in [-0.05, 0) is 31.2 Å². The molecule has 1 aromatic carbocycles. The number of rotatable bonds is 5. The Hall–Kier alpha value is -2.74. The first-order valence-corrected chi connectivity index (χ1v) is 7.05. The maximum absolute atomic E-state index is 11.1. The number of benzene rings is 1. The van der Waals surface area contributed by atoms with Crippen molar-refractivity contribution in [1.29, 1.82) is 0 Å². The molecular weight excluding hydrogens is 300 g/mol. The topological polar surface area (TPSA) is 120 Å². The van der Waals surface area contributed by atoms with Crippen molar-refractivity contribution in [2.24, 2.45) is 5.73 Å². The van der Waals surface area contributed by atoms with E-state index < -0.39 is 11.9 Å². The normalized spacial score (nSPS) is 15.9. The number of hydrogen-bond acceptors (Lipinski definition) is 5. The highest BCUT2D eigenvalue weighted by Gasteiger charge is 2.40. The lowest BCUT2D eigenvalue weighted by atomic mass is 9.87. The van der Waals surface area contributed by atoms with Gasteiger partial charge in [-0.2, -0.15) is 5.10 Å². The lowest BCUT2D eigenvalue weighted by Crippen LogP contribution is -2.46. The third-order valence-corrected chi connectivity index (χ3v) is 3.72. The van der Waals surface area contributed by atoms with Crippen molar-refractivity contribution in [1.82, 2.24) is 14.8 Å². The number of ether oxygens (including phenoxy) is 1. The first-order chi connectivity index (χ1) is 10.9. The van der Waals surface area contributed by atoms with Gasteiger partial charge >= 0.3 is 5.97 Å². The molecule has 0 saturated carbocycles. The summed E-state index contributed by atoms with van der Waals surface area (Å²) in [6.45, 7) is 3.01. The highest BCUT2D eigenvalue weighted by Crippen LogP contribution is 2.31. The van der Waals surface area contributed by atoms with E-state index in [2.05, 4.69) is 10.1 Å². The van der Waals surface area contributed by atoms with Gasteiger partial charge in [0, 0.05) is 0 Å². The molecule has 8 nitrogen and oxygen atoms in total. The minimum Gasteiger partial charge on any atom is -0.478 e. The summed E-state index contributed by atoms with van der Waals surface area (Å²) < 4.78 is 6.89. The summed E-state index contributed by atoms with van der Waals surface area (Å²) in [7, 11) is 0. The molecule has 23 heavy (non-hydrogen) atoms. The third kappa shape index (κ3) is 2.80. The van der Waals surface area contributed by atoms with Gasteiger partial charge in [-0.3, -0.25) is 4.79 Å². The number of carboxylic acid groups (broad SMARTS) is 1. The molecule has 0 unspecified atom stereocenters.